The van der Waals surface area contributed by atoms with E-state index in [1.165, 1.54) is 7.11 Å². The number of nitrogens with two attached hydrogens (primary N) is 1. The summed E-state index contributed by atoms with van der Waals surface area (Å²) >= 11 is 0. The van der Waals surface area contributed by atoms with Gasteiger partial charge in [-0.2, -0.15) is 0 Å². The number of para-hydroxylation sites is 2. The summed E-state index contributed by atoms with van der Waals surface area (Å²) in [5.74, 6) is 0.992. The number of ether oxygens (including phenoxy) is 3. The summed E-state index contributed by atoms with van der Waals surface area (Å²) in [6.45, 7) is 1.13. The average Bonchev–Trinajstić information content (AvgIpc) is 3.01. The maximum atomic E-state index is 11.4. The van der Waals surface area contributed by atoms with Crippen molar-refractivity contribution < 1.29 is 19.0 Å². The first kappa shape index (κ1) is 16.9. The van der Waals surface area contributed by atoms with Gasteiger partial charge in [-0.3, -0.25) is 4.79 Å². The number of benzene rings is 1. The highest BCUT2D eigenvalue weighted by Gasteiger charge is 2.16. The molecule has 23 heavy (non-hydrogen) atoms. The van der Waals surface area contributed by atoms with Gasteiger partial charge >= 0.3 is 5.97 Å². The van der Waals surface area contributed by atoms with Crippen molar-refractivity contribution in [2.75, 3.05) is 20.8 Å². The lowest BCUT2D eigenvalue weighted by Gasteiger charge is -2.14. The smallest absolute Gasteiger partial charge is 0.323 e. The zero-order chi connectivity index (χ0) is 16.7. The number of carbonyl (C=O) groups excluding carboxylic acids is 1. The first-order valence-electron chi connectivity index (χ1n) is 7.39. The molecule has 0 saturated heterocycles. The Kier molecular flexibility index (Phi) is 6.05. The molecule has 2 N–H and O–H groups in total. The number of carbonyl (C=O) groups is 1. The molecule has 0 radical (unpaired) electrons. The van der Waals surface area contributed by atoms with E-state index in [1.807, 2.05) is 47.2 Å². The van der Waals surface area contributed by atoms with Gasteiger partial charge in [-0.05, 0) is 24.3 Å². The van der Waals surface area contributed by atoms with Gasteiger partial charge in [0.1, 0.15) is 12.6 Å². The third-order valence-corrected chi connectivity index (χ3v) is 3.52. The SMILES string of the molecule is COC(=O)C(N)Cc1cccn1CCOc1ccccc1OC. The van der Waals surface area contributed by atoms with Gasteiger partial charge in [0.2, 0.25) is 0 Å². The molecule has 0 saturated carbocycles. The molecule has 2 rings (SSSR count). The van der Waals surface area contributed by atoms with Crippen LogP contribution in [0.15, 0.2) is 42.6 Å². The molecule has 0 fully saturated rings. The third-order valence-electron chi connectivity index (χ3n) is 3.52. The summed E-state index contributed by atoms with van der Waals surface area (Å²) in [6.07, 6.45) is 2.36. The Hall–Kier alpha value is -2.47. The van der Waals surface area contributed by atoms with Crippen LogP contribution in [0.25, 0.3) is 0 Å². The predicted molar refractivity (Wildman–Crippen MR) is 86.6 cm³/mol. The predicted octanol–water partition coefficient (Wildman–Crippen LogP) is 1.62. The largest absolute Gasteiger partial charge is 0.493 e. The maximum absolute atomic E-state index is 11.4. The maximum Gasteiger partial charge on any atom is 0.323 e. The van der Waals surface area contributed by atoms with Crippen molar-refractivity contribution in [2.24, 2.45) is 5.73 Å². The number of esters is 1. The van der Waals surface area contributed by atoms with Crippen molar-refractivity contribution >= 4 is 5.97 Å². The summed E-state index contributed by atoms with van der Waals surface area (Å²) in [7, 11) is 2.95. The second-order valence-corrected chi connectivity index (χ2v) is 5.03. The van der Waals surface area contributed by atoms with E-state index >= 15 is 0 Å². The Bertz CT molecular complexity index is 639. The van der Waals surface area contributed by atoms with E-state index < -0.39 is 12.0 Å². The molecular formula is C17H22N2O4. The number of aromatic nitrogens is 1. The fourth-order valence-corrected chi connectivity index (χ4v) is 2.30. The highest BCUT2D eigenvalue weighted by molar-refractivity contribution is 5.75. The molecule has 0 bridgehead atoms. The first-order chi connectivity index (χ1) is 11.2. The van der Waals surface area contributed by atoms with E-state index in [0.717, 1.165) is 5.69 Å². The van der Waals surface area contributed by atoms with Crippen molar-refractivity contribution in [3.63, 3.8) is 0 Å². The van der Waals surface area contributed by atoms with E-state index in [9.17, 15) is 4.79 Å². The van der Waals surface area contributed by atoms with Crippen LogP contribution in [0.4, 0.5) is 0 Å². The van der Waals surface area contributed by atoms with Gasteiger partial charge in [-0.15, -0.1) is 0 Å². The van der Waals surface area contributed by atoms with Gasteiger partial charge in [-0.25, -0.2) is 0 Å². The number of rotatable bonds is 8. The van der Waals surface area contributed by atoms with E-state index in [1.54, 1.807) is 7.11 Å². The first-order valence-corrected chi connectivity index (χ1v) is 7.39. The van der Waals surface area contributed by atoms with Crippen LogP contribution < -0.4 is 15.2 Å². The molecule has 0 aliphatic carbocycles. The quantitative estimate of drug-likeness (QED) is 0.749. The lowest BCUT2D eigenvalue weighted by molar-refractivity contribution is -0.142. The molecule has 0 spiro atoms. The van der Waals surface area contributed by atoms with Gasteiger partial charge in [0.25, 0.3) is 0 Å². The molecule has 1 unspecified atom stereocenters. The lowest BCUT2D eigenvalue weighted by Crippen LogP contribution is -2.34. The standard InChI is InChI=1S/C17H22N2O4/c1-21-15-7-3-4-8-16(15)23-11-10-19-9-5-6-13(19)12-14(18)17(20)22-2/h3-9,14H,10-12,18H2,1-2H3. The summed E-state index contributed by atoms with van der Waals surface area (Å²) in [5, 5.41) is 0. The topological polar surface area (TPSA) is 75.7 Å². The Morgan fingerprint density at radius 2 is 1.91 bits per heavy atom. The van der Waals surface area contributed by atoms with E-state index in [2.05, 4.69) is 4.74 Å². The van der Waals surface area contributed by atoms with E-state index in [0.29, 0.717) is 31.1 Å². The molecule has 1 aromatic heterocycles. The van der Waals surface area contributed by atoms with E-state index in [-0.39, 0.29) is 0 Å². The van der Waals surface area contributed by atoms with Crippen LogP contribution in [-0.2, 0) is 22.5 Å². The van der Waals surface area contributed by atoms with E-state index in [4.69, 9.17) is 15.2 Å². The molecule has 6 nitrogen and oxygen atoms in total. The Morgan fingerprint density at radius 1 is 1.17 bits per heavy atom. The molecule has 0 amide bonds. The average molecular weight is 318 g/mol. The molecule has 6 heteroatoms. The molecule has 0 aliphatic heterocycles. The van der Waals surface area contributed by atoms with Crippen LogP contribution in [0.5, 0.6) is 11.5 Å². The molecular weight excluding hydrogens is 296 g/mol. The fraction of sp³-hybridized carbons (Fsp3) is 0.353. The second kappa shape index (κ2) is 8.24. The van der Waals surface area contributed by atoms with Crippen LogP contribution >= 0.6 is 0 Å². The zero-order valence-corrected chi connectivity index (χ0v) is 13.4. The number of hydrogen-bond acceptors (Lipinski definition) is 5. The fourth-order valence-electron chi connectivity index (χ4n) is 2.30. The number of methoxy groups -OCH3 is 2. The molecule has 0 aliphatic rings. The molecule has 1 heterocycles. The summed E-state index contributed by atoms with van der Waals surface area (Å²) in [4.78, 5) is 11.4. The van der Waals surface area contributed by atoms with Crippen LogP contribution in [0.1, 0.15) is 5.69 Å². The van der Waals surface area contributed by atoms with Crippen molar-refractivity contribution in [3.8, 4) is 11.5 Å². The van der Waals surface area contributed by atoms with Crippen LogP contribution in [0.3, 0.4) is 0 Å². The summed E-state index contributed by atoms with van der Waals surface area (Å²) < 4.78 is 17.7. The Labute approximate surface area is 135 Å². The van der Waals surface area contributed by atoms with Gasteiger partial charge in [0, 0.05) is 18.3 Å². The summed E-state index contributed by atoms with van der Waals surface area (Å²) in [6, 6.07) is 10.7. The minimum atomic E-state index is -0.663. The highest BCUT2D eigenvalue weighted by atomic mass is 16.5. The van der Waals surface area contributed by atoms with Crippen LogP contribution in [0, 0.1) is 0 Å². The van der Waals surface area contributed by atoms with Crippen molar-refractivity contribution in [3.05, 3.63) is 48.3 Å². The molecule has 124 valence electrons. The van der Waals surface area contributed by atoms with Gasteiger partial charge < -0.3 is 24.5 Å². The zero-order valence-electron chi connectivity index (χ0n) is 13.4. The van der Waals surface area contributed by atoms with Gasteiger partial charge in [0.15, 0.2) is 11.5 Å². The van der Waals surface area contributed by atoms with Gasteiger partial charge in [0.05, 0.1) is 20.8 Å². The molecule has 1 aromatic carbocycles. The normalized spacial score (nSPS) is 11.8. The Balaban J connectivity index is 1.92. The minimum Gasteiger partial charge on any atom is -0.493 e. The Morgan fingerprint density at radius 3 is 2.61 bits per heavy atom. The third kappa shape index (κ3) is 4.50. The van der Waals surface area contributed by atoms with Crippen molar-refractivity contribution in [1.29, 1.82) is 0 Å². The van der Waals surface area contributed by atoms with Crippen LogP contribution in [-0.4, -0.2) is 37.4 Å². The van der Waals surface area contributed by atoms with Crippen molar-refractivity contribution in [1.82, 2.24) is 4.57 Å². The van der Waals surface area contributed by atoms with Crippen LogP contribution in [0.2, 0.25) is 0 Å². The monoisotopic (exact) mass is 318 g/mol. The number of hydrogen-bond donors (Lipinski definition) is 1. The minimum absolute atomic E-state index is 0.414. The highest BCUT2D eigenvalue weighted by Crippen LogP contribution is 2.25. The summed E-state index contributed by atoms with van der Waals surface area (Å²) in [5.41, 5.74) is 6.77. The van der Waals surface area contributed by atoms with Gasteiger partial charge in [-0.1, -0.05) is 12.1 Å². The molecule has 1 atom stereocenters. The lowest BCUT2D eigenvalue weighted by atomic mass is 10.2. The number of nitrogens with zero attached hydrogens (tertiary/aromatic N) is 1. The second-order valence-electron chi connectivity index (χ2n) is 5.03. The molecule has 2 aromatic rings. The van der Waals surface area contributed by atoms with Crippen molar-refractivity contribution in [2.45, 2.75) is 19.0 Å².